The molecule has 0 amide bonds. The topological polar surface area (TPSA) is 42.2 Å². The largest absolute Gasteiger partial charge is 0.493 e. The first-order valence-corrected chi connectivity index (χ1v) is 3.93. The molecule has 1 aromatic carbocycles. The molecule has 1 rings (SSSR count). The molecule has 0 aliphatic carbocycles. The summed E-state index contributed by atoms with van der Waals surface area (Å²) in [5.41, 5.74) is 0.295. The van der Waals surface area contributed by atoms with Crippen molar-refractivity contribution in [2.24, 2.45) is 0 Å². The van der Waals surface area contributed by atoms with Crippen LogP contribution in [0.25, 0.3) is 0 Å². The summed E-state index contributed by atoms with van der Waals surface area (Å²) in [6.45, 7) is 0. The zero-order chi connectivity index (χ0) is 9.84. The van der Waals surface area contributed by atoms with E-state index in [-0.39, 0.29) is 0 Å². The van der Waals surface area contributed by atoms with Gasteiger partial charge in [-0.05, 0) is 12.1 Å². The minimum Gasteiger partial charge on any atom is -0.493 e. The quantitative estimate of drug-likeness (QED) is 0.730. The molecule has 0 aliphatic heterocycles. The molecular weight excluding hydrogens is 190 g/mol. The van der Waals surface area contributed by atoms with Gasteiger partial charge in [0.1, 0.15) is 11.6 Å². The Bertz CT molecular complexity index is 357. The summed E-state index contributed by atoms with van der Waals surface area (Å²) in [7, 11) is 2.97. The minimum atomic E-state index is 0.295. The summed E-state index contributed by atoms with van der Waals surface area (Å²) >= 11 is 5.78. The average molecular weight is 198 g/mol. The van der Waals surface area contributed by atoms with Crippen LogP contribution in [0.4, 0.5) is 0 Å². The molecule has 0 unspecified atom stereocenters. The van der Waals surface area contributed by atoms with Crippen LogP contribution in [0.5, 0.6) is 11.5 Å². The van der Waals surface area contributed by atoms with Gasteiger partial charge in [-0.1, -0.05) is 11.6 Å². The van der Waals surface area contributed by atoms with E-state index in [0.29, 0.717) is 22.1 Å². The maximum Gasteiger partial charge on any atom is 0.180 e. The Morgan fingerprint density at radius 3 is 2.46 bits per heavy atom. The highest BCUT2D eigenvalue weighted by Crippen LogP contribution is 2.34. The van der Waals surface area contributed by atoms with E-state index >= 15 is 0 Å². The van der Waals surface area contributed by atoms with Crippen LogP contribution in [0.1, 0.15) is 5.56 Å². The maximum absolute atomic E-state index is 8.78. The van der Waals surface area contributed by atoms with E-state index in [0.717, 1.165) is 0 Å². The van der Waals surface area contributed by atoms with Gasteiger partial charge in [0.2, 0.25) is 0 Å². The highest BCUT2D eigenvalue weighted by molar-refractivity contribution is 6.32. The number of nitriles is 1. The molecule has 0 aromatic heterocycles. The fourth-order valence-corrected chi connectivity index (χ4v) is 1.20. The number of rotatable bonds is 2. The fraction of sp³-hybridized carbons (Fsp3) is 0.222. The molecule has 0 N–H and O–H groups in total. The van der Waals surface area contributed by atoms with Crippen LogP contribution in [0, 0.1) is 11.3 Å². The van der Waals surface area contributed by atoms with Crippen LogP contribution in [0.2, 0.25) is 5.02 Å². The zero-order valence-corrected chi connectivity index (χ0v) is 8.05. The molecule has 13 heavy (non-hydrogen) atoms. The van der Waals surface area contributed by atoms with Gasteiger partial charge in [-0.25, -0.2) is 0 Å². The number of nitrogens with zero attached hydrogens (tertiary/aromatic N) is 1. The van der Waals surface area contributed by atoms with Crippen LogP contribution >= 0.6 is 11.6 Å². The molecule has 3 nitrogen and oxygen atoms in total. The van der Waals surface area contributed by atoms with Gasteiger partial charge in [-0.3, -0.25) is 0 Å². The van der Waals surface area contributed by atoms with E-state index in [9.17, 15) is 0 Å². The first-order valence-electron chi connectivity index (χ1n) is 3.55. The third-order valence-corrected chi connectivity index (χ3v) is 1.92. The second-order valence-electron chi connectivity index (χ2n) is 2.27. The molecule has 0 bridgehead atoms. The highest BCUT2D eigenvalue weighted by atomic mass is 35.5. The molecule has 0 atom stereocenters. The van der Waals surface area contributed by atoms with Crippen molar-refractivity contribution in [1.29, 1.82) is 5.26 Å². The summed E-state index contributed by atoms with van der Waals surface area (Å²) in [6, 6.07) is 5.21. The maximum atomic E-state index is 8.78. The standard InChI is InChI=1S/C9H8ClNO2/c1-12-8-4-3-7(10)6(5-11)9(8)13-2/h3-4H,1-2H3. The van der Waals surface area contributed by atoms with Crippen molar-refractivity contribution < 1.29 is 9.47 Å². The SMILES string of the molecule is COc1ccc(Cl)c(C#N)c1OC. The van der Waals surface area contributed by atoms with Crippen LogP contribution in [0.15, 0.2) is 12.1 Å². The van der Waals surface area contributed by atoms with Gasteiger partial charge in [-0.2, -0.15) is 5.26 Å². The first kappa shape index (κ1) is 9.69. The van der Waals surface area contributed by atoms with E-state index < -0.39 is 0 Å². The molecule has 0 spiro atoms. The highest BCUT2D eigenvalue weighted by Gasteiger charge is 2.12. The molecule has 0 saturated heterocycles. The molecule has 0 aliphatic rings. The lowest BCUT2D eigenvalue weighted by Crippen LogP contribution is -1.93. The fourth-order valence-electron chi connectivity index (χ4n) is 1.01. The number of hydrogen-bond acceptors (Lipinski definition) is 3. The van der Waals surface area contributed by atoms with Gasteiger partial charge in [0.05, 0.1) is 19.2 Å². The van der Waals surface area contributed by atoms with Crippen molar-refractivity contribution in [3.63, 3.8) is 0 Å². The van der Waals surface area contributed by atoms with Gasteiger partial charge >= 0.3 is 0 Å². The smallest absolute Gasteiger partial charge is 0.180 e. The third-order valence-electron chi connectivity index (χ3n) is 1.61. The summed E-state index contributed by atoms with van der Waals surface area (Å²) in [5, 5.41) is 9.14. The normalized spacial score (nSPS) is 9.08. The van der Waals surface area contributed by atoms with Gasteiger partial charge in [0.15, 0.2) is 11.5 Å². The Hall–Kier alpha value is -1.40. The van der Waals surface area contributed by atoms with Crippen molar-refractivity contribution in [3.05, 3.63) is 22.7 Å². The van der Waals surface area contributed by atoms with E-state index in [1.165, 1.54) is 14.2 Å². The van der Waals surface area contributed by atoms with Crippen molar-refractivity contribution in [1.82, 2.24) is 0 Å². The van der Waals surface area contributed by atoms with Gasteiger partial charge in [-0.15, -0.1) is 0 Å². The molecule has 0 radical (unpaired) electrons. The summed E-state index contributed by atoms with van der Waals surface area (Å²) in [6.07, 6.45) is 0. The van der Waals surface area contributed by atoms with Gasteiger partial charge in [0.25, 0.3) is 0 Å². The minimum absolute atomic E-state index is 0.295. The number of halogens is 1. The third kappa shape index (κ3) is 1.68. The van der Waals surface area contributed by atoms with Gasteiger partial charge in [0, 0.05) is 0 Å². The second-order valence-corrected chi connectivity index (χ2v) is 2.68. The summed E-state index contributed by atoms with van der Waals surface area (Å²) < 4.78 is 10.0. The second kappa shape index (κ2) is 4.01. The van der Waals surface area contributed by atoms with E-state index in [2.05, 4.69) is 0 Å². The Labute approximate surface area is 81.4 Å². The first-order chi connectivity index (χ1) is 6.24. The Balaban J connectivity index is 3.38. The Morgan fingerprint density at radius 1 is 1.31 bits per heavy atom. The molecule has 68 valence electrons. The summed E-state index contributed by atoms with van der Waals surface area (Å²) in [5.74, 6) is 0.876. The summed E-state index contributed by atoms with van der Waals surface area (Å²) in [4.78, 5) is 0. The number of ether oxygens (including phenoxy) is 2. The number of benzene rings is 1. The average Bonchev–Trinajstić information content (AvgIpc) is 2.17. The molecular formula is C9H8ClNO2. The van der Waals surface area contributed by atoms with Crippen LogP contribution in [0.3, 0.4) is 0 Å². The monoisotopic (exact) mass is 197 g/mol. The lowest BCUT2D eigenvalue weighted by molar-refractivity contribution is 0.354. The Kier molecular flexibility index (Phi) is 2.99. The molecule has 0 heterocycles. The predicted molar refractivity (Wildman–Crippen MR) is 49.3 cm³/mol. The van der Waals surface area contributed by atoms with Crippen molar-refractivity contribution in [3.8, 4) is 17.6 Å². The van der Waals surface area contributed by atoms with Crippen molar-refractivity contribution in [2.45, 2.75) is 0 Å². The molecule has 4 heteroatoms. The van der Waals surface area contributed by atoms with Crippen LogP contribution < -0.4 is 9.47 Å². The number of hydrogen-bond donors (Lipinski definition) is 0. The molecule has 0 saturated carbocycles. The molecule has 0 fully saturated rings. The van der Waals surface area contributed by atoms with E-state index in [1.807, 2.05) is 6.07 Å². The molecule has 1 aromatic rings. The Morgan fingerprint density at radius 2 is 2.00 bits per heavy atom. The van der Waals surface area contributed by atoms with Crippen molar-refractivity contribution >= 4 is 11.6 Å². The lowest BCUT2D eigenvalue weighted by Gasteiger charge is -2.09. The predicted octanol–water partition coefficient (Wildman–Crippen LogP) is 2.23. The van der Waals surface area contributed by atoms with Crippen LogP contribution in [-0.4, -0.2) is 14.2 Å². The lowest BCUT2D eigenvalue weighted by atomic mass is 10.2. The van der Waals surface area contributed by atoms with Crippen LogP contribution in [-0.2, 0) is 0 Å². The zero-order valence-electron chi connectivity index (χ0n) is 7.30. The number of methoxy groups -OCH3 is 2. The van der Waals surface area contributed by atoms with Gasteiger partial charge < -0.3 is 9.47 Å². The van der Waals surface area contributed by atoms with E-state index in [4.69, 9.17) is 26.3 Å². The van der Waals surface area contributed by atoms with Crippen molar-refractivity contribution in [2.75, 3.05) is 14.2 Å². The van der Waals surface area contributed by atoms with E-state index in [1.54, 1.807) is 12.1 Å².